The third kappa shape index (κ3) is 6.27. The normalized spacial score (nSPS) is 19.3. The first-order valence-corrected chi connectivity index (χ1v) is 8.73. The molecule has 2 rings (SSSR count). The van der Waals surface area contributed by atoms with Crippen molar-refractivity contribution in [2.24, 2.45) is 11.8 Å². The number of amides is 1. The van der Waals surface area contributed by atoms with Crippen molar-refractivity contribution >= 4 is 23.4 Å². The van der Waals surface area contributed by atoms with Gasteiger partial charge in [-0.2, -0.15) is 0 Å². The van der Waals surface area contributed by atoms with Crippen LogP contribution in [0.15, 0.2) is 42.5 Å². The Morgan fingerprint density at radius 2 is 1.92 bits per heavy atom. The van der Waals surface area contributed by atoms with Crippen LogP contribution in [0, 0.1) is 22.7 Å². The Hall–Kier alpha value is -2.76. The van der Waals surface area contributed by atoms with E-state index in [2.05, 4.69) is 5.32 Å². The van der Waals surface area contributed by atoms with E-state index in [1.165, 1.54) is 19.3 Å². The summed E-state index contributed by atoms with van der Waals surface area (Å²) in [7, 11) is 1.40. The van der Waals surface area contributed by atoms with Crippen LogP contribution in [0.1, 0.15) is 31.2 Å². The van der Waals surface area contributed by atoms with E-state index in [0.717, 1.165) is 24.8 Å². The molecule has 0 aromatic heterocycles. The first kappa shape index (κ1) is 19.6. The number of hydrogen-bond acceptors (Lipinski definition) is 5. The summed E-state index contributed by atoms with van der Waals surface area (Å²) < 4.78 is 4.77. The summed E-state index contributed by atoms with van der Waals surface area (Å²) in [6.45, 7) is 0. The monoisotopic (exact) mass is 355 g/mol. The molecule has 1 aromatic rings. The molecule has 1 amide bonds. The molecular formula is C20H25N3O3. The molecule has 1 aliphatic carbocycles. The lowest BCUT2D eigenvalue weighted by Gasteiger charge is -2.09. The Morgan fingerprint density at radius 3 is 2.62 bits per heavy atom. The molecule has 1 fully saturated rings. The Bertz CT molecular complexity index is 698. The van der Waals surface area contributed by atoms with Crippen molar-refractivity contribution in [2.45, 2.75) is 32.1 Å². The zero-order chi connectivity index (χ0) is 18.9. The van der Waals surface area contributed by atoms with Crippen LogP contribution in [0.3, 0.4) is 0 Å². The van der Waals surface area contributed by atoms with E-state index in [0.29, 0.717) is 12.1 Å². The second kappa shape index (κ2) is 9.65. The second-order valence-corrected chi connectivity index (χ2v) is 6.59. The highest BCUT2D eigenvalue weighted by Gasteiger charge is 2.30. The molecule has 6 heteroatoms. The molecule has 1 saturated carbocycles. The maximum absolute atomic E-state index is 11.9. The molecule has 0 bridgehead atoms. The fraction of sp³-hybridized carbons (Fsp3) is 0.400. The lowest BCUT2D eigenvalue weighted by atomic mass is 9.98. The van der Waals surface area contributed by atoms with Gasteiger partial charge in [0.05, 0.1) is 19.4 Å². The van der Waals surface area contributed by atoms with E-state index < -0.39 is 0 Å². The Labute approximate surface area is 153 Å². The quantitative estimate of drug-likeness (QED) is 0.398. The topological polar surface area (TPSA) is 103 Å². The molecule has 6 nitrogen and oxygen atoms in total. The molecule has 0 aliphatic heterocycles. The molecule has 2 unspecified atom stereocenters. The van der Waals surface area contributed by atoms with Crippen molar-refractivity contribution in [2.75, 3.05) is 7.11 Å². The van der Waals surface area contributed by atoms with E-state index in [-0.39, 0.29) is 36.0 Å². The number of rotatable bonds is 7. The molecule has 138 valence electrons. The summed E-state index contributed by atoms with van der Waals surface area (Å²) in [6.07, 6.45) is 6.20. The van der Waals surface area contributed by atoms with Crippen LogP contribution >= 0.6 is 0 Å². The van der Waals surface area contributed by atoms with Crippen LogP contribution in [0.4, 0.5) is 0 Å². The van der Waals surface area contributed by atoms with Gasteiger partial charge < -0.3 is 15.5 Å². The summed E-state index contributed by atoms with van der Waals surface area (Å²) in [6, 6.07) is 9.33. The highest BCUT2D eigenvalue weighted by molar-refractivity contribution is 6.06. The van der Waals surface area contributed by atoms with E-state index in [1.807, 2.05) is 30.3 Å². The Kier molecular flexibility index (Phi) is 7.26. The van der Waals surface area contributed by atoms with Gasteiger partial charge in [0.2, 0.25) is 5.91 Å². The molecule has 3 N–H and O–H groups in total. The average molecular weight is 355 g/mol. The summed E-state index contributed by atoms with van der Waals surface area (Å²) in [5.74, 6) is -0.225. The molecule has 0 radical (unpaired) electrons. The van der Waals surface area contributed by atoms with Gasteiger partial charge in [-0.15, -0.1) is 0 Å². The highest BCUT2D eigenvalue weighted by atomic mass is 16.5. The number of nitrogens with one attached hydrogen (secondary N) is 3. The van der Waals surface area contributed by atoms with Gasteiger partial charge in [0.15, 0.2) is 0 Å². The second-order valence-electron chi connectivity index (χ2n) is 6.59. The number of allylic oxidation sites excluding steroid dienone is 1. The van der Waals surface area contributed by atoms with Crippen molar-refractivity contribution in [1.82, 2.24) is 5.32 Å². The standard InChI is InChI=1S/C20H25N3O3/c1-26-20(25)16-8-7-15(11-16)12-17(21)9-10-18(22)23-19(24)13-14-5-3-2-4-6-14/h2-6,9-10,15-16,21H,7-8,11-13H2,1H3,(H2,22,23,24)/b10-9-,21-17?. The molecule has 1 aliphatic rings. The molecule has 1 aromatic carbocycles. The fourth-order valence-electron chi connectivity index (χ4n) is 3.22. The van der Waals surface area contributed by atoms with Crippen LogP contribution in [0.25, 0.3) is 0 Å². The fourth-order valence-corrected chi connectivity index (χ4v) is 3.22. The van der Waals surface area contributed by atoms with Gasteiger partial charge in [-0.3, -0.25) is 15.0 Å². The summed E-state index contributed by atoms with van der Waals surface area (Å²) in [5, 5.41) is 18.3. The number of methoxy groups -OCH3 is 1. The first-order valence-electron chi connectivity index (χ1n) is 8.73. The molecule has 0 spiro atoms. The van der Waals surface area contributed by atoms with E-state index >= 15 is 0 Å². The summed E-state index contributed by atoms with van der Waals surface area (Å²) >= 11 is 0. The minimum Gasteiger partial charge on any atom is -0.469 e. The van der Waals surface area contributed by atoms with Crippen LogP contribution in [0.5, 0.6) is 0 Å². The lowest BCUT2D eigenvalue weighted by Crippen LogP contribution is -2.29. The zero-order valence-corrected chi connectivity index (χ0v) is 15.0. The van der Waals surface area contributed by atoms with Crippen molar-refractivity contribution in [3.05, 3.63) is 48.0 Å². The van der Waals surface area contributed by atoms with Crippen LogP contribution in [0.2, 0.25) is 0 Å². The number of benzene rings is 1. The van der Waals surface area contributed by atoms with E-state index in [9.17, 15) is 9.59 Å². The van der Waals surface area contributed by atoms with Gasteiger partial charge in [-0.1, -0.05) is 30.3 Å². The Balaban J connectivity index is 1.73. The zero-order valence-electron chi connectivity index (χ0n) is 15.0. The number of amidine groups is 1. The minimum atomic E-state index is -0.255. The minimum absolute atomic E-state index is 0.0328. The number of esters is 1. The van der Waals surface area contributed by atoms with Crippen molar-refractivity contribution in [3.63, 3.8) is 0 Å². The van der Waals surface area contributed by atoms with Crippen LogP contribution in [-0.2, 0) is 20.7 Å². The summed E-state index contributed by atoms with van der Waals surface area (Å²) in [4.78, 5) is 23.4. The van der Waals surface area contributed by atoms with Crippen molar-refractivity contribution in [3.8, 4) is 0 Å². The summed E-state index contributed by atoms with van der Waals surface area (Å²) in [5.41, 5.74) is 1.28. The predicted molar refractivity (Wildman–Crippen MR) is 100 cm³/mol. The number of carbonyl (C=O) groups is 2. The lowest BCUT2D eigenvalue weighted by molar-refractivity contribution is -0.145. The third-order valence-corrected chi connectivity index (χ3v) is 4.52. The molecule has 2 atom stereocenters. The van der Waals surface area contributed by atoms with Gasteiger partial charge in [-0.25, -0.2) is 0 Å². The smallest absolute Gasteiger partial charge is 0.308 e. The van der Waals surface area contributed by atoms with Gasteiger partial charge in [0, 0.05) is 5.71 Å². The molecular weight excluding hydrogens is 330 g/mol. The molecule has 26 heavy (non-hydrogen) atoms. The Morgan fingerprint density at radius 1 is 1.19 bits per heavy atom. The predicted octanol–water partition coefficient (Wildman–Crippen LogP) is 2.88. The van der Waals surface area contributed by atoms with Gasteiger partial charge >= 0.3 is 5.97 Å². The average Bonchev–Trinajstić information content (AvgIpc) is 3.08. The maximum atomic E-state index is 11.9. The number of ether oxygens (including phenoxy) is 1. The molecule has 0 heterocycles. The van der Waals surface area contributed by atoms with Gasteiger partial charge in [0.1, 0.15) is 5.84 Å². The first-order chi connectivity index (χ1) is 12.5. The van der Waals surface area contributed by atoms with Crippen molar-refractivity contribution in [1.29, 1.82) is 10.8 Å². The van der Waals surface area contributed by atoms with Crippen LogP contribution < -0.4 is 5.32 Å². The van der Waals surface area contributed by atoms with Gasteiger partial charge in [-0.05, 0) is 49.3 Å². The van der Waals surface area contributed by atoms with E-state index in [1.54, 1.807) is 0 Å². The highest BCUT2D eigenvalue weighted by Crippen LogP contribution is 2.33. The van der Waals surface area contributed by atoms with Crippen molar-refractivity contribution < 1.29 is 14.3 Å². The van der Waals surface area contributed by atoms with Crippen LogP contribution in [-0.4, -0.2) is 30.5 Å². The number of hydrogen-bond donors (Lipinski definition) is 3. The SMILES string of the molecule is COC(=O)C1CCC(CC(=N)/C=C\C(=N)NC(=O)Cc2ccccc2)C1. The van der Waals surface area contributed by atoms with E-state index in [4.69, 9.17) is 15.6 Å². The maximum Gasteiger partial charge on any atom is 0.308 e. The number of carbonyl (C=O) groups excluding carboxylic acids is 2. The molecule has 0 saturated heterocycles. The third-order valence-electron chi connectivity index (χ3n) is 4.52. The largest absolute Gasteiger partial charge is 0.469 e. The van der Waals surface area contributed by atoms with Gasteiger partial charge in [0.25, 0.3) is 0 Å².